The van der Waals surface area contributed by atoms with Crippen LogP contribution in [0.15, 0.2) is 18.2 Å². The van der Waals surface area contributed by atoms with E-state index in [1.165, 1.54) is 7.11 Å². The van der Waals surface area contributed by atoms with Gasteiger partial charge in [0.2, 0.25) is 0 Å². The van der Waals surface area contributed by atoms with Crippen LogP contribution in [0.25, 0.3) is 0 Å². The average molecular weight is 218 g/mol. The van der Waals surface area contributed by atoms with Crippen molar-refractivity contribution >= 4 is 11.8 Å². The summed E-state index contributed by atoms with van der Waals surface area (Å²) in [7, 11) is 1.36. The third-order valence-corrected chi connectivity index (χ3v) is 2.93. The Morgan fingerprint density at radius 1 is 1.25 bits per heavy atom. The molecule has 0 spiro atoms. The zero-order chi connectivity index (χ0) is 11.5. The number of benzene rings is 1. The molecule has 0 radical (unpaired) electrons. The zero-order valence-electron chi connectivity index (χ0n) is 9.29. The fraction of sp³-hybridized carbons (Fsp3) is 0.385. The molecule has 16 heavy (non-hydrogen) atoms. The van der Waals surface area contributed by atoms with Crippen molar-refractivity contribution in [3.8, 4) is 0 Å². The number of methoxy groups -OCH3 is 1. The molecule has 1 aromatic rings. The monoisotopic (exact) mass is 218 g/mol. The molecule has 0 aliphatic heterocycles. The molecule has 0 saturated carbocycles. The van der Waals surface area contributed by atoms with Gasteiger partial charge in [0.05, 0.1) is 12.7 Å². The van der Waals surface area contributed by atoms with E-state index in [0.29, 0.717) is 12.0 Å². The van der Waals surface area contributed by atoms with Crippen molar-refractivity contribution in [2.45, 2.75) is 25.7 Å². The molecule has 1 aliphatic carbocycles. The lowest BCUT2D eigenvalue weighted by Crippen LogP contribution is -2.05. The predicted molar refractivity (Wildman–Crippen MR) is 59.7 cm³/mol. The van der Waals surface area contributed by atoms with Crippen molar-refractivity contribution in [2.24, 2.45) is 0 Å². The van der Waals surface area contributed by atoms with E-state index in [2.05, 4.69) is 4.74 Å². The Hall–Kier alpha value is -1.64. The first kappa shape index (κ1) is 10.9. The van der Waals surface area contributed by atoms with E-state index >= 15 is 0 Å². The van der Waals surface area contributed by atoms with Crippen LogP contribution in [0.4, 0.5) is 0 Å². The van der Waals surface area contributed by atoms with Gasteiger partial charge in [-0.15, -0.1) is 0 Å². The van der Waals surface area contributed by atoms with Crippen molar-refractivity contribution in [1.29, 1.82) is 0 Å². The number of rotatable bonds is 1. The van der Waals surface area contributed by atoms with E-state index in [-0.39, 0.29) is 11.8 Å². The first-order valence-electron chi connectivity index (χ1n) is 5.47. The summed E-state index contributed by atoms with van der Waals surface area (Å²) in [5, 5.41) is 0. The fourth-order valence-corrected chi connectivity index (χ4v) is 2.05. The summed E-state index contributed by atoms with van der Waals surface area (Å²) >= 11 is 0. The molecular formula is C13H14O3. The SMILES string of the molecule is COC(=O)c1ccc2c(c1)CCCCC2=O. The van der Waals surface area contributed by atoms with Gasteiger partial charge in [0.25, 0.3) is 0 Å². The van der Waals surface area contributed by atoms with Gasteiger partial charge in [-0.25, -0.2) is 4.79 Å². The van der Waals surface area contributed by atoms with Crippen molar-refractivity contribution in [1.82, 2.24) is 0 Å². The quantitative estimate of drug-likeness (QED) is 0.537. The summed E-state index contributed by atoms with van der Waals surface area (Å²) in [4.78, 5) is 23.1. The number of hydrogen-bond donors (Lipinski definition) is 0. The van der Waals surface area contributed by atoms with Gasteiger partial charge in [0.1, 0.15) is 0 Å². The number of carbonyl (C=O) groups excluding carboxylic acids is 2. The van der Waals surface area contributed by atoms with Gasteiger partial charge in [-0.05, 0) is 37.0 Å². The Morgan fingerprint density at radius 3 is 2.75 bits per heavy atom. The van der Waals surface area contributed by atoms with E-state index < -0.39 is 0 Å². The summed E-state index contributed by atoms with van der Waals surface area (Å²) in [5.41, 5.74) is 2.27. The second-order valence-corrected chi connectivity index (χ2v) is 3.99. The number of esters is 1. The lowest BCUT2D eigenvalue weighted by Gasteiger charge is -2.06. The van der Waals surface area contributed by atoms with Crippen LogP contribution in [-0.2, 0) is 11.2 Å². The molecule has 0 N–H and O–H groups in total. The number of Topliss-reactive ketones (excluding diaryl/α,β-unsaturated/α-hetero) is 1. The molecule has 0 amide bonds. The first-order chi connectivity index (χ1) is 7.72. The van der Waals surface area contributed by atoms with Gasteiger partial charge in [-0.1, -0.05) is 6.07 Å². The van der Waals surface area contributed by atoms with Crippen LogP contribution < -0.4 is 0 Å². The van der Waals surface area contributed by atoms with Crippen LogP contribution in [0.3, 0.4) is 0 Å². The van der Waals surface area contributed by atoms with Gasteiger partial charge >= 0.3 is 5.97 Å². The molecular weight excluding hydrogens is 204 g/mol. The Labute approximate surface area is 94.4 Å². The van der Waals surface area contributed by atoms with Crippen molar-refractivity contribution in [3.05, 3.63) is 34.9 Å². The Balaban J connectivity index is 2.41. The molecule has 0 saturated heterocycles. The fourth-order valence-electron chi connectivity index (χ4n) is 2.05. The second kappa shape index (κ2) is 4.47. The smallest absolute Gasteiger partial charge is 0.337 e. The third-order valence-electron chi connectivity index (χ3n) is 2.93. The van der Waals surface area contributed by atoms with Crippen molar-refractivity contribution < 1.29 is 14.3 Å². The molecule has 84 valence electrons. The van der Waals surface area contributed by atoms with E-state index in [4.69, 9.17) is 0 Å². The third kappa shape index (κ3) is 1.98. The lowest BCUT2D eigenvalue weighted by molar-refractivity contribution is 0.0600. The number of hydrogen-bond acceptors (Lipinski definition) is 3. The van der Waals surface area contributed by atoms with Crippen LogP contribution in [0, 0.1) is 0 Å². The topological polar surface area (TPSA) is 43.4 Å². The second-order valence-electron chi connectivity index (χ2n) is 3.99. The molecule has 3 nitrogen and oxygen atoms in total. The average Bonchev–Trinajstić information content (AvgIpc) is 2.50. The highest BCUT2D eigenvalue weighted by atomic mass is 16.5. The van der Waals surface area contributed by atoms with Gasteiger partial charge in [-0.2, -0.15) is 0 Å². The summed E-state index contributed by atoms with van der Waals surface area (Å²) in [6, 6.07) is 5.19. The molecule has 1 aliphatic rings. The normalized spacial score (nSPS) is 15.2. The number of aryl methyl sites for hydroxylation is 1. The maximum Gasteiger partial charge on any atom is 0.337 e. The molecule has 3 heteroatoms. The Bertz CT molecular complexity index is 435. The standard InChI is InChI=1S/C13H14O3/c1-16-13(15)10-6-7-11-9(8-10)4-2-3-5-12(11)14/h6-8H,2-5H2,1H3. The minimum atomic E-state index is -0.348. The minimum Gasteiger partial charge on any atom is -0.465 e. The summed E-state index contributed by atoms with van der Waals surface area (Å²) in [6.07, 6.45) is 3.42. The predicted octanol–water partition coefficient (Wildman–Crippen LogP) is 2.38. The highest BCUT2D eigenvalue weighted by Gasteiger charge is 2.17. The zero-order valence-corrected chi connectivity index (χ0v) is 9.29. The highest BCUT2D eigenvalue weighted by molar-refractivity contribution is 5.99. The molecule has 1 aromatic carbocycles. The lowest BCUT2D eigenvalue weighted by atomic mass is 9.99. The van der Waals surface area contributed by atoms with Crippen LogP contribution in [0.5, 0.6) is 0 Å². The first-order valence-corrected chi connectivity index (χ1v) is 5.47. The summed E-state index contributed by atoms with van der Waals surface area (Å²) in [5.74, 6) is -0.164. The van der Waals surface area contributed by atoms with Gasteiger partial charge in [0.15, 0.2) is 5.78 Å². The number of ether oxygens (including phenoxy) is 1. The molecule has 0 aromatic heterocycles. The molecule has 0 heterocycles. The number of carbonyl (C=O) groups is 2. The van der Waals surface area contributed by atoms with E-state index in [9.17, 15) is 9.59 Å². The molecule has 0 fully saturated rings. The van der Waals surface area contributed by atoms with E-state index in [1.807, 2.05) is 0 Å². The molecule has 2 rings (SSSR count). The van der Waals surface area contributed by atoms with Crippen LogP contribution in [0.2, 0.25) is 0 Å². The number of fused-ring (bicyclic) bond motifs is 1. The maximum absolute atomic E-state index is 11.7. The number of ketones is 1. The van der Waals surface area contributed by atoms with E-state index in [1.54, 1.807) is 18.2 Å². The van der Waals surface area contributed by atoms with Crippen molar-refractivity contribution in [2.75, 3.05) is 7.11 Å². The van der Waals surface area contributed by atoms with Crippen molar-refractivity contribution in [3.63, 3.8) is 0 Å². The van der Waals surface area contributed by atoms with Gasteiger partial charge in [-0.3, -0.25) is 4.79 Å². The maximum atomic E-state index is 11.7. The van der Waals surface area contributed by atoms with Crippen LogP contribution in [-0.4, -0.2) is 18.9 Å². The summed E-state index contributed by atoms with van der Waals surface area (Å²) < 4.78 is 4.66. The van der Waals surface area contributed by atoms with Gasteiger partial charge < -0.3 is 4.74 Å². The van der Waals surface area contributed by atoms with E-state index in [0.717, 1.165) is 30.4 Å². The highest BCUT2D eigenvalue weighted by Crippen LogP contribution is 2.22. The van der Waals surface area contributed by atoms with Gasteiger partial charge in [0, 0.05) is 12.0 Å². The summed E-state index contributed by atoms with van der Waals surface area (Å²) in [6.45, 7) is 0. The minimum absolute atomic E-state index is 0.184. The Morgan fingerprint density at radius 2 is 2.00 bits per heavy atom. The molecule has 0 unspecified atom stereocenters. The molecule has 0 bridgehead atoms. The molecule has 0 atom stereocenters. The van der Waals surface area contributed by atoms with Crippen LogP contribution >= 0.6 is 0 Å². The largest absolute Gasteiger partial charge is 0.465 e. The van der Waals surface area contributed by atoms with Crippen LogP contribution in [0.1, 0.15) is 45.5 Å². The Kier molecular flexibility index (Phi) is 3.04.